The van der Waals surface area contributed by atoms with Gasteiger partial charge in [-0.15, -0.1) is 0 Å². The third-order valence-electron chi connectivity index (χ3n) is 8.48. The number of ether oxygens (including phenoxy) is 1. The Bertz CT molecular complexity index is 911. The van der Waals surface area contributed by atoms with Gasteiger partial charge in [0.1, 0.15) is 5.60 Å². The van der Waals surface area contributed by atoms with E-state index in [9.17, 15) is 9.59 Å². The molecule has 1 aromatic rings. The van der Waals surface area contributed by atoms with Gasteiger partial charge < -0.3 is 19.4 Å². The molecule has 4 heterocycles. The molecule has 0 radical (unpaired) electrons. The van der Waals surface area contributed by atoms with Crippen LogP contribution in [0.4, 0.5) is 16.2 Å². The van der Waals surface area contributed by atoms with E-state index in [2.05, 4.69) is 34.1 Å². The van der Waals surface area contributed by atoms with Gasteiger partial charge in [0.05, 0.1) is 5.41 Å². The molecule has 7 nitrogen and oxygen atoms in total. The van der Waals surface area contributed by atoms with Crippen molar-refractivity contribution in [3.8, 4) is 0 Å². The van der Waals surface area contributed by atoms with Gasteiger partial charge in [0, 0.05) is 50.1 Å². The van der Waals surface area contributed by atoms with Gasteiger partial charge >= 0.3 is 6.09 Å². The van der Waals surface area contributed by atoms with E-state index in [4.69, 9.17) is 4.74 Å². The van der Waals surface area contributed by atoms with E-state index in [0.717, 1.165) is 31.7 Å². The Morgan fingerprint density at radius 2 is 1.51 bits per heavy atom. The highest BCUT2D eigenvalue weighted by molar-refractivity contribution is 6.00. The summed E-state index contributed by atoms with van der Waals surface area (Å²) in [6.45, 7) is 12.3. The first-order valence-corrected chi connectivity index (χ1v) is 13.6. The normalized spacial score (nSPS) is 25.5. The molecule has 1 atom stereocenters. The fourth-order valence-corrected chi connectivity index (χ4v) is 6.38. The van der Waals surface area contributed by atoms with Crippen LogP contribution in [0.1, 0.15) is 65.7 Å². The molecule has 1 aromatic carbocycles. The number of nitrogens with zero attached hydrogens (tertiary/aromatic N) is 4. The summed E-state index contributed by atoms with van der Waals surface area (Å²) in [4.78, 5) is 34.9. The van der Waals surface area contributed by atoms with Gasteiger partial charge in [-0.25, -0.2) is 4.79 Å². The van der Waals surface area contributed by atoms with Crippen LogP contribution < -0.4 is 9.80 Å². The molecule has 0 aromatic heterocycles. The average Bonchev–Trinajstić information content (AvgIpc) is 3.45. The molecule has 7 heteroatoms. The van der Waals surface area contributed by atoms with E-state index in [0.29, 0.717) is 32.0 Å². The molecule has 0 unspecified atom stereocenters. The van der Waals surface area contributed by atoms with Gasteiger partial charge in [0.2, 0.25) is 5.91 Å². The van der Waals surface area contributed by atoms with Gasteiger partial charge in [-0.2, -0.15) is 0 Å². The first kappa shape index (κ1) is 24.4. The summed E-state index contributed by atoms with van der Waals surface area (Å²) in [5.41, 5.74) is 1.42. The zero-order valence-corrected chi connectivity index (χ0v) is 21.8. The molecule has 4 aliphatic heterocycles. The zero-order chi connectivity index (χ0) is 24.6. The molecular weight excluding hydrogens is 440 g/mol. The standard InChI is InChI=1S/C28H42N4O3/c1-27(2,3)35-26(34)30-18-12-28(13-19-30)14-20-32(25(28)33)23-9-7-22(8-10-23)31-17-11-24(21-31)29-15-5-4-6-16-29/h7-10,24H,4-6,11-21H2,1-3H3/t24-/m0/s1. The number of hydrogen-bond donors (Lipinski definition) is 0. The quantitative estimate of drug-likeness (QED) is 0.635. The summed E-state index contributed by atoms with van der Waals surface area (Å²) in [5, 5.41) is 0. The van der Waals surface area contributed by atoms with Crippen LogP contribution in [0.5, 0.6) is 0 Å². The molecule has 5 rings (SSSR count). The van der Waals surface area contributed by atoms with Crippen LogP contribution in [-0.2, 0) is 9.53 Å². The van der Waals surface area contributed by atoms with Crippen molar-refractivity contribution in [2.75, 3.05) is 55.6 Å². The van der Waals surface area contributed by atoms with E-state index >= 15 is 0 Å². The number of piperidine rings is 2. The van der Waals surface area contributed by atoms with Crippen molar-refractivity contribution in [3.05, 3.63) is 24.3 Å². The Morgan fingerprint density at radius 3 is 2.17 bits per heavy atom. The highest BCUT2D eigenvalue weighted by Gasteiger charge is 2.49. The third kappa shape index (κ3) is 5.16. The number of benzene rings is 1. The maximum absolute atomic E-state index is 13.5. The summed E-state index contributed by atoms with van der Waals surface area (Å²) >= 11 is 0. The minimum atomic E-state index is -0.498. The summed E-state index contributed by atoms with van der Waals surface area (Å²) in [5.74, 6) is 0.223. The minimum absolute atomic E-state index is 0.223. The number of carbonyl (C=O) groups is 2. The van der Waals surface area contributed by atoms with E-state index < -0.39 is 5.60 Å². The van der Waals surface area contributed by atoms with Gasteiger partial charge in [-0.05, 0) is 96.7 Å². The largest absolute Gasteiger partial charge is 0.444 e. The van der Waals surface area contributed by atoms with E-state index in [1.165, 1.54) is 44.5 Å². The lowest BCUT2D eigenvalue weighted by molar-refractivity contribution is -0.128. The highest BCUT2D eigenvalue weighted by Crippen LogP contribution is 2.43. The van der Waals surface area contributed by atoms with Crippen LogP contribution >= 0.6 is 0 Å². The van der Waals surface area contributed by atoms with Crippen LogP contribution in [-0.4, -0.2) is 79.3 Å². The molecule has 4 saturated heterocycles. The molecule has 0 aliphatic carbocycles. The number of carbonyl (C=O) groups excluding carboxylic acids is 2. The second-order valence-corrected chi connectivity index (χ2v) is 12.0. The van der Waals surface area contributed by atoms with Gasteiger partial charge in [-0.1, -0.05) is 6.42 Å². The molecule has 1 spiro atoms. The van der Waals surface area contributed by atoms with Crippen molar-refractivity contribution in [2.24, 2.45) is 5.41 Å². The third-order valence-corrected chi connectivity index (χ3v) is 8.48. The second-order valence-electron chi connectivity index (χ2n) is 12.0. The Balaban J connectivity index is 1.17. The highest BCUT2D eigenvalue weighted by atomic mass is 16.6. The van der Waals surface area contributed by atoms with Crippen molar-refractivity contribution < 1.29 is 14.3 Å². The lowest BCUT2D eigenvalue weighted by Gasteiger charge is -2.38. The monoisotopic (exact) mass is 482 g/mol. The first-order valence-electron chi connectivity index (χ1n) is 13.6. The Kier molecular flexibility index (Phi) is 6.73. The lowest BCUT2D eigenvalue weighted by Crippen LogP contribution is -2.48. The summed E-state index contributed by atoms with van der Waals surface area (Å²) in [7, 11) is 0. The Labute approximate surface area is 210 Å². The fourth-order valence-electron chi connectivity index (χ4n) is 6.38. The number of rotatable bonds is 3. The van der Waals surface area contributed by atoms with Crippen LogP contribution in [0.25, 0.3) is 0 Å². The van der Waals surface area contributed by atoms with Gasteiger partial charge in [-0.3, -0.25) is 9.69 Å². The molecule has 35 heavy (non-hydrogen) atoms. The molecular formula is C28H42N4O3. The number of likely N-dealkylation sites (tertiary alicyclic amines) is 2. The number of hydrogen-bond acceptors (Lipinski definition) is 5. The maximum atomic E-state index is 13.5. The molecule has 0 saturated carbocycles. The smallest absolute Gasteiger partial charge is 0.410 e. The van der Waals surface area contributed by atoms with Crippen LogP contribution in [0.2, 0.25) is 0 Å². The molecule has 4 fully saturated rings. The Hall–Kier alpha value is -2.28. The van der Waals surface area contributed by atoms with E-state index in [1.54, 1.807) is 4.90 Å². The molecule has 2 amide bonds. The minimum Gasteiger partial charge on any atom is -0.444 e. The molecule has 0 N–H and O–H groups in total. The van der Waals surface area contributed by atoms with Crippen molar-refractivity contribution >= 4 is 23.4 Å². The van der Waals surface area contributed by atoms with Crippen LogP contribution in [0, 0.1) is 5.41 Å². The topological polar surface area (TPSA) is 56.3 Å². The van der Waals surface area contributed by atoms with Crippen molar-refractivity contribution in [3.63, 3.8) is 0 Å². The molecule has 0 bridgehead atoms. The predicted octanol–water partition coefficient (Wildman–Crippen LogP) is 4.51. The summed E-state index contributed by atoms with van der Waals surface area (Å²) in [6, 6.07) is 9.31. The average molecular weight is 483 g/mol. The SMILES string of the molecule is CC(C)(C)OC(=O)N1CCC2(CC1)CCN(c1ccc(N3CC[C@H](N4CCCCC4)C3)cc1)C2=O. The maximum Gasteiger partial charge on any atom is 0.410 e. The summed E-state index contributed by atoms with van der Waals surface area (Å²) in [6.07, 6.45) is 7.33. The first-order chi connectivity index (χ1) is 16.7. The zero-order valence-electron chi connectivity index (χ0n) is 21.8. The van der Waals surface area contributed by atoms with Crippen molar-refractivity contribution in [2.45, 2.75) is 77.4 Å². The molecule has 4 aliphatic rings. The van der Waals surface area contributed by atoms with Crippen LogP contribution in [0.3, 0.4) is 0 Å². The lowest BCUT2D eigenvalue weighted by atomic mass is 9.77. The van der Waals surface area contributed by atoms with Gasteiger partial charge in [0.15, 0.2) is 0 Å². The summed E-state index contributed by atoms with van der Waals surface area (Å²) < 4.78 is 5.52. The number of anilines is 2. The Morgan fingerprint density at radius 1 is 0.886 bits per heavy atom. The predicted molar refractivity (Wildman–Crippen MR) is 139 cm³/mol. The fraction of sp³-hybridized carbons (Fsp3) is 0.714. The second kappa shape index (κ2) is 9.64. The van der Waals surface area contributed by atoms with Gasteiger partial charge in [0.25, 0.3) is 0 Å². The van der Waals surface area contributed by atoms with Crippen molar-refractivity contribution in [1.29, 1.82) is 0 Å². The van der Waals surface area contributed by atoms with E-state index in [-0.39, 0.29) is 17.4 Å². The molecule has 192 valence electrons. The van der Waals surface area contributed by atoms with E-state index in [1.807, 2.05) is 25.7 Å². The van der Waals surface area contributed by atoms with Crippen molar-refractivity contribution in [1.82, 2.24) is 9.80 Å². The number of amides is 2. The van der Waals surface area contributed by atoms with Crippen LogP contribution in [0.15, 0.2) is 24.3 Å².